The number of carbonyl (C=O) groups excluding carboxylic acids is 1. The highest BCUT2D eigenvalue weighted by atomic mass is 16.5. The number of nitrogen functional groups attached to an aromatic ring is 1. The molecule has 0 aliphatic carbocycles. The highest BCUT2D eigenvalue weighted by molar-refractivity contribution is 5.94. The molecule has 25 heavy (non-hydrogen) atoms. The smallest absolute Gasteiger partial charge is 0.266 e. The lowest BCUT2D eigenvalue weighted by molar-refractivity contribution is 0.0953. The van der Waals surface area contributed by atoms with Crippen LogP contribution < -0.4 is 16.0 Å². The third kappa shape index (κ3) is 3.94. The maximum absolute atomic E-state index is 11.7. The summed E-state index contributed by atoms with van der Waals surface area (Å²) in [5.41, 5.74) is 4.69. The molecule has 0 unspecified atom stereocenters. The van der Waals surface area contributed by atoms with E-state index in [1.807, 2.05) is 30.3 Å². The Kier molecular flexibility index (Phi) is 4.92. The van der Waals surface area contributed by atoms with Crippen LogP contribution in [-0.4, -0.2) is 16.0 Å². The van der Waals surface area contributed by atoms with Gasteiger partial charge in [-0.2, -0.15) is 0 Å². The third-order valence-electron chi connectivity index (χ3n) is 3.64. The first kappa shape index (κ1) is 16.5. The summed E-state index contributed by atoms with van der Waals surface area (Å²) in [6, 6.07) is 16.2. The van der Waals surface area contributed by atoms with Gasteiger partial charge in [0, 0.05) is 23.5 Å². The fourth-order valence-corrected chi connectivity index (χ4v) is 2.40. The summed E-state index contributed by atoms with van der Waals surface area (Å²) in [6.45, 7) is 0.384. The fourth-order valence-electron chi connectivity index (χ4n) is 2.40. The SMILES string of the molecule is NNC(=O)c1cncc(-c2cc(O)ccc2OCc2ccccc2)c1. The molecule has 0 aliphatic rings. The van der Waals surface area contributed by atoms with Crippen LogP contribution in [0.2, 0.25) is 0 Å². The number of carbonyl (C=O) groups is 1. The second-order valence-corrected chi connectivity index (χ2v) is 5.39. The maximum atomic E-state index is 11.7. The van der Waals surface area contributed by atoms with Gasteiger partial charge in [-0.1, -0.05) is 30.3 Å². The Hall–Kier alpha value is -3.38. The van der Waals surface area contributed by atoms with Crippen molar-refractivity contribution in [2.45, 2.75) is 6.61 Å². The van der Waals surface area contributed by atoms with Crippen molar-refractivity contribution in [2.75, 3.05) is 0 Å². The topological polar surface area (TPSA) is 97.5 Å². The van der Waals surface area contributed by atoms with Gasteiger partial charge in [-0.3, -0.25) is 15.2 Å². The molecule has 3 rings (SSSR count). The molecule has 4 N–H and O–H groups in total. The number of ether oxygens (including phenoxy) is 1. The van der Waals surface area contributed by atoms with Crippen molar-refractivity contribution < 1.29 is 14.6 Å². The number of nitrogens with two attached hydrogens (primary N) is 1. The largest absolute Gasteiger partial charge is 0.508 e. The van der Waals surface area contributed by atoms with Gasteiger partial charge in [0.15, 0.2) is 0 Å². The summed E-state index contributed by atoms with van der Waals surface area (Å²) >= 11 is 0. The molecule has 0 aliphatic heterocycles. The monoisotopic (exact) mass is 335 g/mol. The van der Waals surface area contributed by atoms with Crippen LogP contribution in [0, 0.1) is 0 Å². The normalized spacial score (nSPS) is 10.3. The molecular formula is C19H17N3O3. The van der Waals surface area contributed by atoms with Crippen LogP contribution in [-0.2, 0) is 6.61 Å². The van der Waals surface area contributed by atoms with Crippen LogP contribution in [0.4, 0.5) is 0 Å². The highest BCUT2D eigenvalue weighted by Gasteiger charge is 2.12. The first-order valence-corrected chi connectivity index (χ1v) is 7.63. The highest BCUT2D eigenvalue weighted by Crippen LogP contribution is 2.33. The van der Waals surface area contributed by atoms with Crippen molar-refractivity contribution in [3.63, 3.8) is 0 Å². The van der Waals surface area contributed by atoms with Crippen molar-refractivity contribution in [1.82, 2.24) is 10.4 Å². The van der Waals surface area contributed by atoms with Gasteiger partial charge in [0.1, 0.15) is 18.1 Å². The Balaban J connectivity index is 1.93. The summed E-state index contributed by atoms with van der Waals surface area (Å²) in [5, 5.41) is 9.83. The number of pyridine rings is 1. The van der Waals surface area contributed by atoms with Gasteiger partial charge in [0.2, 0.25) is 0 Å². The van der Waals surface area contributed by atoms with Gasteiger partial charge in [-0.15, -0.1) is 0 Å². The number of aromatic hydroxyl groups is 1. The number of amides is 1. The van der Waals surface area contributed by atoms with Gasteiger partial charge in [-0.05, 0) is 29.8 Å². The Bertz CT molecular complexity index is 882. The van der Waals surface area contributed by atoms with Crippen LogP contribution in [0.25, 0.3) is 11.1 Å². The quantitative estimate of drug-likeness (QED) is 0.378. The molecule has 3 aromatic rings. The predicted molar refractivity (Wildman–Crippen MR) is 93.8 cm³/mol. The van der Waals surface area contributed by atoms with E-state index in [4.69, 9.17) is 10.6 Å². The van der Waals surface area contributed by atoms with Crippen molar-refractivity contribution in [2.24, 2.45) is 5.84 Å². The number of phenols is 1. The van der Waals surface area contributed by atoms with Crippen molar-refractivity contribution in [1.29, 1.82) is 0 Å². The van der Waals surface area contributed by atoms with Crippen LogP contribution >= 0.6 is 0 Å². The van der Waals surface area contributed by atoms with E-state index in [1.165, 1.54) is 6.20 Å². The first-order valence-electron chi connectivity index (χ1n) is 7.63. The number of nitrogens with zero attached hydrogens (tertiary/aromatic N) is 1. The van der Waals surface area contributed by atoms with E-state index in [9.17, 15) is 9.90 Å². The Morgan fingerprint density at radius 1 is 1.12 bits per heavy atom. The molecule has 0 atom stereocenters. The Morgan fingerprint density at radius 3 is 2.68 bits per heavy atom. The summed E-state index contributed by atoms with van der Waals surface area (Å²) in [6.07, 6.45) is 3.01. The number of phenolic OH excluding ortho intramolecular Hbond substituents is 1. The standard InChI is InChI=1S/C19H17N3O3/c20-22-19(24)15-8-14(10-21-11-15)17-9-16(23)6-7-18(17)25-12-13-4-2-1-3-5-13/h1-11,23H,12,20H2,(H,22,24). The van der Waals surface area contributed by atoms with Gasteiger partial charge in [-0.25, -0.2) is 5.84 Å². The molecule has 0 saturated carbocycles. The van der Waals surface area contributed by atoms with E-state index in [2.05, 4.69) is 10.4 Å². The van der Waals surface area contributed by atoms with Gasteiger partial charge in [0.05, 0.1) is 5.56 Å². The molecule has 6 heteroatoms. The summed E-state index contributed by atoms with van der Waals surface area (Å²) < 4.78 is 5.90. The molecule has 1 aromatic heterocycles. The second kappa shape index (κ2) is 7.46. The minimum absolute atomic E-state index is 0.0933. The molecule has 6 nitrogen and oxygen atoms in total. The van der Waals surface area contributed by atoms with E-state index in [1.54, 1.807) is 30.5 Å². The lowest BCUT2D eigenvalue weighted by Gasteiger charge is -2.13. The number of nitrogens with one attached hydrogen (secondary N) is 1. The number of benzene rings is 2. The zero-order chi connectivity index (χ0) is 17.6. The molecule has 1 heterocycles. The van der Waals surface area contributed by atoms with E-state index >= 15 is 0 Å². The number of hydrogen-bond acceptors (Lipinski definition) is 5. The molecule has 1 amide bonds. The van der Waals surface area contributed by atoms with Crippen LogP contribution in [0.1, 0.15) is 15.9 Å². The van der Waals surface area contributed by atoms with Gasteiger partial charge in [0.25, 0.3) is 5.91 Å². The minimum Gasteiger partial charge on any atom is -0.508 e. The fraction of sp³-hybridized carbons (Fsp3) is 0.0526. The number of aromatic nitrogens is 1. The van der Waals surface area contributed by atoms with Gasteiger partial charge >= 0.3 is 0 Å². The molecular weight excluding hydrogens is 318 g/mol. The third-order valence-corrected chi connectivity index (χ3v) is 3.64. The van der Waals surface area contributed by atoms with Gasteiger partial charge < -0.3 is 9.84 Å². The zero-order valence-electron chi connectivity index (χ0n) is 13.3. The number of rotatable bonds is 5. The maximum Gasteiger partial charge on any atom is 0.266 e. The van der Waals surface area contributed by atoms with Crippen LogP contribution in [0.3, 0.4) is 0 Å². The average molecular weight is 335 g/mol. The van der Waals surface area contributed by atoms with E-state index in [-0.39, 0.29) is 5.75 Å². The molecule has 2 aromatic carbocycles. The van der Waals surface area contributed by atoms with E-state index < -0.39 is 5.91 Å². The Morgan fingerprint density at radius 2 is 1.92 bits per heavy atom. The lowest BCUT2D eigenvalue weighted by atomic mass is 10.0. The molecule has 0 saturated heterocycles. The summed E-state index contributed by atoms with van der Waals surface area (Å²) in [5.74, 6) is 5.39. The first-order chi connectivity index (χ1) is 12.2. The molecule has 0 bridgehead atoms. The molecule has 0 radical (unpaired) electrons. The van der Waals surface area contributed by atoms with Crippen molar-refractivity contribution in [3.8, 4) is 22.6 Å². The summed E-state index contributed by atoms with van der Waals surface area (Å²) in [7, 11) is 0. The van der Waals surface area contributed by atoms with Crippen LogP contribution in [0.15, 0.2) is 67.0 Å². The lowest BCUT2D eigenvalue weighted by Crippen LogP contribution is -2.30. The molecule has 0 fully saturated rings. The minimum atomic E-state index is -0.443. The second-order valence-electron chi connectivity index (χ2n) is 5.39. The van der Waals surface area contributed by atoms with Crippen molar-refractivity contribution >= 4 is 5.91 Å². The summed E-state index contributed by atoms with van der Waals surface area (Å²) in [4.78, 5) is 15.8. The molecule has 0 spiro atoms. The predicted octanol–water partition coefficient (Wildman–Crippen LogP) is 2.64. The molecule has 126 valence electrons. The average Bonchev–Trinajstić information content (AvgIpc) is 2.67. The van der Waals surface area contributed by atoms with E-state index in [0.29, 0.717) is 29.0 Å². The van der Waals surface area contributed by atoms with E-state index in [0.717, 1.165) is 5.56 Å². The number of hydrogen-bond donors (Lipinski definition) is 3. The Labute approximate surface area is 144 Å². The van der Waals surface area contributed by atoms with Crippen molar-refractivity contribution in [3.05, 3.63) is 78.1 Å². The zero-order valence-corrected chi connectivity index (χ0v) is 13.3. The number of hydrazine groups is 1. The van der Waals surface area contributed by atoms with Crippen LogP contribution in [0.5, 0.6) is 11.5 Å².